The number of hydrogen-bond donors (Lipinski definition) is 1. The van der Waals surface area contributed by atoms with Gasteiger partial charge in [0.05, 0.1) is 0 Å². The van der Waals surface area contributed by atoms with Crippen LogP contribution in [0.15, 0.2) is 18.2 Å². The molecule has 96 valence electrons. The molecule has 0 spiro atoms. The Bertz CT molecular complexity index is 368. The molecule has 0 heterocycles. The largest absolute Gasteiger partial charge is 0.329 e. The molecule has 0 aliphatic heterocycles. The van der Waals surface area contributed by atoms with E-state index in [0.717, 1.165) is 6.54 Å². The van der Waals surface area contributed by atoms with Crippen molar-refractivity contribution in [1.82, 2.24) is 4.90 Å². The molecule has 0 aliphatic rings. The summed E-state index contributed by atoms with van der Waals surface area (Å²) in [6.45, 7) is 5.52. The summed E-state index contributed by atoms with van der Waals surface area (Å²) >= 11 is 5.74. The van der Waals surface area contributed by atoms with E-state index in [4.69, 9.17) is 17.3 Å². The third-order valence-electron chi connectivity index (χ3n) is 2.73. The lowest BCUT2D eigenvalue weighted by Gasteiger charge is -2.29. The van der Waals surface area contributed by atoms with Crippen LogP contribution in [0.1, 0.15) is 25.5 Å². The predicted octanol–water partition coefficient (Wildman–Crippen LogP) is 3.07. The lowest BCUT2D eigenvalue weighted by Crippen LogP contribution is -2.33. The van der Waals surface area contributed by atoms with Crippen LogP contribution in [0.4, 0.5) is 4.39 Å². The fraction of sp³-hybridized carbons (Fsp3) is 0.538. The zero-order chi connectivity index (χ0) is 13.0. The fourth-order valence-corrected chi connectivity index (χ4v) is 2.18. The van der Waals surface area contributed by atoms with Gasteiger partial charge in [-0.15, -0.1) is 0 Å². The standard InChI is InChI=1S/C13H20ClFN2/c1-9(2)8-17(3)13(7-16)11-5-4-10(14)6-12(11)15/h4-6,9,13H,7-8,16H2,1-3H3. The minimum absolute atomic E-state index is 0.102. The van der Waals surface area contributed by atoms with Crippen LogP contribution in [0.2, 0.25) is 5.02 Å². The Labute approximate surface area is 108 Å². The van der Waals surface area contributed by atoms with Crippen molar-refractivity contribution in [2.75, 3.05) is 20.1 Å². The summed E-state index contributed by atoms with van der Waals surface area (Å²) in [7, 11) is 1.96. The summed E-state index contributed by atoms with van der Waals surface area (Å²) in [6, 6.07) is 4.65. The van der Waals surface area contributed by atoms with Gasteiger partial charge in [-0.2, -0.15) is 0 Å². The SMILES string of the molecule is CC(C)CN(C)C(CN)c1ccc(Cl)cc1F. The van der Waals surface area contributed by atoms with E-state index in [2.05, 4.69) is 18.7 Å². The van der Waals surface area contributed by atoms with Crippen molar-refractivity contribution in [1.29, 1.82) is 0 Å². The third-order valence-corrected chi connectivity index (χ3v) is 2.97. The highest BCUT2D eigenvalue weighted by molar-refractivity contribution is 6.30. The summed E-state index contributed by atoms with van der Waals surface area (Å²) in [4.78, 5) is 2.08. The molecule has 0 amide bonds. The zero-order valence-electron chi connectivity index (χ0n) is 10.6. The molecule has 2 N–H and O–H groups in total. The summed E-state index contributed by atoms with van der Waals surface area (Å²) < 4.78 is 13.8. The summed E-state index contributed by atoms with van der Waals surface area (Å²) in [6.07, 6.45) is 0. The van der Waals surface area contributed by atoms with Crippen LogP contribution in [-0.4, -0.2) is 25.0 Å². The van der Waals surface area contributed by atoms with Gasteiger partial charge in [0.1, 0.15) is 5.82 Å². The van der Waals surface area contributed by atoms with Crippen LogP contribution in [0.25, 0.3) is 0 Å². The Balaban J connectivity index is 2.93. The van der Waals surface area contributed by atoms with Crippen LogP contribution in [0.5, 0.6) is 0 Å². The zero-order valence-corrected chi connectivity index (χ0v) is 11.3. The van der Waals surface area contributed by atoms with Crippen molar-refractivity contribution < 1.29 is 4.39 Å². The molecular formula is C13H20ClFN2. The van der Waals surface area contributed by atoms with Crippen LogP contribution < -0.4 is 5.73 Å². The molecule has 0 aromatic heterocycles. The molecule has 0 saturated heterocycles. The van der Waals surface area contributed by atoms with E-state index in [-0.39, 0.29) is 11.9 Å². The summed E-state index contributed by atoms with van der Waals surface area (Å²) in [5.74, 6) is 0.230. The first-order chi connectivity index (χ1) is 7.95. The average molecular weight is 259 g/mol. The second-order valence-electron chi connectivity index (χ2n) is 4.75. The van der Waals surface area contributed by atoms with Crippen molar-refractivity contribution in [3.63, 3.8) is 0 Å². The fourth-order valence-electron chi connectivity index (χ4n) is 2.02. The van der Waals surface area contributed by atoms with E-state index in [1.54, 1.807) is 12.1 Å². The topological polar surface area (TPSA) is 29.3 Å². The monoisotopic (exact) mass is 258 g/mol. The van der Waals surface area contributed by atoms with Crippen molar-refractivity contribution >= 4 is 11.6 Å². The number of rotatable bonds is 5. The van der Waals surface area contributed by atoms with Gasteiger partial charge < -0.3 is 5.73 Å². The van der Waals surface area contributed by atoms with Crippen molar-refractivity contribution in [3.05, 3.63) is 34.6 Å². The minimum Gasteiger partial charge on any atom is -0.329 e. The molecule has 4 heteroatoms. The van der Waals surface area contributed by atoms with E-state index < -0.39 is 0 Å². The highest BCUT2D eigenvalue weighted by atomic mass is 35.5. The van der Waals surface area contributed by atoms with Crippen LogP contribution in [0.3, 0.4) is 0 Å². The first-order valence-electron chi connectivity index (χ1n) is 5.81. The van der Waals surface area contributed by atoms with Gasteiger partial charge in [0.25, 0.3) is 0 Å². The Kier molecular flexibility index (Phi) is 5.37. The number of hydrogen-bond acceptors (Lipinski definition) is 2. The Morgan fingerprint density at radius 3 is 2.53 bits per heavy atom. The Hall–Kier alpha value is -0.640. The highest BCUT2D eigenvalue weighted by Crippen LogP contribution is 2.24. The molecule has 1 rings (SSSR count). The van der Waals surface area contributed by atoms with E-state index in [1.165, 1.54) is 6.07 Å². The molecule has 2 nitrogen and oxygen atoms in total. The molecule has 0 bridgehead atoms. The first kappa shape index (κ1) is 14.4. The highest BCUT2D eigenvalue weighted by Gasteiger charge is 2.19. The number of nitrogens with zero attached hydrogens (tertiary/aromatic N) is 1. The summed E-state index contributed by atoms with van der Waals surface area (Å²) in [5.41, 5.74) is 6.36. The number of likely N-dealkylation sites (N-methyl/N-ethyl adjacent to an activating group) is 1. The third kappa shape index (κ3) is 3.95. The maximum Gasteiger partial charge on any atom is 0.129 e. The quantitative estimate of drug-likeness (QED) is 0.880. The van der Waals surface area contributed by atoms with Crippen molar-refractivity contribution in [2.45, 2.75) is 19.9 Å². The van der Waals surface area contributed by atoms with E-state index >= 15 is 0 Å². The van der Waals surface area contributed by atoms with E-state index in [9.17, 15) is 4.39 Å². The van der Waals surface area contributed by atoms with Gasteiger partial charge >= 0.3 is 0 Å². The molecule has 1 aromatic rings. The number of nitrogens with two attached hydrogens (primary N) is 1. The van der Waals surface area contributed by atoms with Crippen LogP contribution in [-0.2, 0) is 0 Å². The molecular weight excluding hydrogens is 239 g/mol. The van der Waals surface area contributed by atoms with Gasteiger partial charge in [0.15, 0.2) is 0 Å². The molecule has 0 fully saturated rings. The Morgan fingerprint density at radius 2 is 2.06 bits per heavy atom. The van der Waals surface area contributed by atoms with Crippen molar-refractivity contribution in [2.24, 2.45) is 11.7 Å². The van der Waals surface area contributed by atoms with Gasteiger partial charge in [0.2, 0.25) is 0 Å². The summed E-state index contributed by atoms with van der Waals surface area (Å²) in [5, 5.41) is 0.411. The molecule has 1 atom stereocenters. The molecule has 0 aliphatic carbocycles. The normalized spacial score (nSPS) is 13.4. The van der Waals surface area contributed by atoms with Gasteiger partial charge in [0, 0.05) is 29.7 Å². The van der Waals surface area contributed by atoms with Gasteiger partial charge in [-0.05, 0) is 25.1 Å². The van der Waals surface area contributed by atoms with Crippen LogP contribution >= 0.6 is 11.6 Å². The molecule has 0 radical (unpaired) electrons. The van der Waals surface area contributed by atoms with E-state index in [1.807, 2.05) is 7.05 Å². The molecule has 1 unspecified atom stereocenters. The molecule has 1 aromatic carbocycles. The maximum absolute atomic E-state index is 13.8. The Morgan fingerprint density at radius 1 is 1.41 bits per heavy atom. The second kappa shape index (κ2) is 6.34. The van der Waals surface area contributed by atoms with Gasteiger partial charge in [-0.3, -0.25) is 4.90 Å². The number of benzene rings is 1. The maximum atomic E-state index is 13.8. The van der Waals surface area contributed by atoms with Gasteiger partial charge in [-0.25, -0.2) is 4.39 Å². The van der Waals surface area contributed by atoms with Crippen molar-refractivity contribution in [3.8, 4) is 0 Å². The lowest BCUT2D eigenvalue weighted by atomic mass is 10.0. The lowest BCUT2D eigenvalue weighted by molar-refractivity contribution is 0.219. The number of halogens is 2. The van der Waals surface area contributed by atoms with E-state index in [0.29, 0.717) is 23.0 Å². The molecule has 0 saturated carbocycles. The average Bonchev–Trinajstić information content (AvgIpc) is 2.21. The van der Waals surface area contributed by atoms with Crippen LogP contribution in [0, 0.1) is 11.7 Å². The smallest absolute Gasteiger partial charge is 0.129 e. The van der Waals surface area contributed by atoms with Gasteiger partial charge in [-0.1, -0.05) is 31.5 Å². The first-order valence-corrected chi connectivity index (χ1v) is 6.18. The minimum atomic E-state index is -0.288. The molecule has 17 heavy (non-hydrogen) atoms. The predicted molar refractivity (Wildman–Crippen MR) is 70.7 cm³/mol. The second-order valence-corrected chi connectivity index (χ2v) is 5.19.